The summed E-state index contributed by atoms with van der Waals surface area (Å²) in [6.07, 6.45) is 1.09. The number of anilines is 1. The molecule has 2 aromatic carbocycles. The summed E-state index contributed by atoms with van der Waals surface area (Å²) in [6.45, 7) is 7.35. The molecule has 0 heterocycles. The fraction of sp³-hybridized carbons (Fsp3) is 0.368. The lowest BCUT2D eigenvalue weighted by Crippen LogP contribution is -2.21. The van der Waals surface area contributed by atoms with Gasteiger partial charge < -0.3 is 10.2 Å². The molecule has 0 aromatic heterocycles. The monoisotopic (exact) mass is 282 g/mol. The van der Waals surface area contributed by atoms with E-state index in [1.54, 1.807) is 0 Å². The van der Waals surface area contributed by atoms with Gasteiger partial charge in [-0.2, -0.15) is 0 Å². The maximum absolute atomic E-state index is 3.19. The van der Waals surface area contributed by atoms with Gasteiger partial charge in [0.2, 0.25) is 0 Å². The maximum Gasteiger partial charge on any atom is 0.0429 e. The van der Waals surface area contributed by atoms with Gasteiger partial charge in [-0.05, 0) is 57.1 Å². The van der Waals surface area contributed by atoms with Crippen molar-refractivity contribution in [2.24, 2.45) is 0 Å². The van der Waals surface area contributed by atoms with Crippen molar-refractivity contribution in [2.75, 3.05) is 25.0 Å². The van der Waals surface area contributed by atoms with Crippen LogP contribution in [0.15, 0.2) is 48.5 Å². The average Bonchev–Trinajstić information content (AvgIpc) is 2.53. The van der Waals surface area contributed by atoms with Crippen LogP contribution in [0, 0.1) is 6.92 Å². The second-order valence-corrected chi connectivity index (χ2v) is 5.52. The molecule has 2 nitrogen and oxygen atoms in total. The second kappa shape index (κ2) is 7.84. The van der Waals surface area contributed by atoms with E-state index in [2.05, 4.69) is 72.6 Å². The fourth-order valence-electron chi connectivity index (χ4n) is 2.44. The lowest BCUT2D eigenvalue weighted by molar-refractivity contribution is 0.790. The molecule has 0 unspecified atom stereocenters. The van der Waals surface area contributed by atoms with Gasteiger partial charge in [0, 0.05) is 18.8 Å². The first-order valence-electron chi connectivity index (χ1n) is 7.77. The molecule has 0 aliphatic rings. The molecule has 0 spiro atoms. The van der Waals surface area contributed by atoms with Gasteiger partial charge >= 0.3 is 0 Å². The molecular formula is C19H26N2. The zero-order valence-electron chi connectivity index (χ0n) is 13.4. The number of nitrogens with zero attached hydrogens (tertiary/aromatic N) is 1. The smallest absolute Gasteiger partial charge is 0.0429 e. The highest BCUT2D eigenvalue weighted by atomic mass is 15.1. The van der Waals surface area contributed by atoms with Crippen LogP contribution in [0.3, 0.4) is 0 Å². The molecule has 0 saturated carbocycles. The number of benzene rings is 2. The second-order valence-electron chi connectivity index (χ2n) is 5.52. The molecule has 0 atom stereocenters. The third-order valence-corrected chi connectivity index (χ3v) is 3.84. The SMILES string of the molecule is CCN(Cc1ccc(CCNC)cc1)c1ccc(C)cc1. The summed E-state index contributed by atoms with van der Waals surface area (Å²) in [7, 11) is 2.00. The Hall–Kier alpha value is -1.80. The Morgan fingerprint density at radius 3 is 2.10 bits per heavy atom. The first kappa shape index (κ1) is 15.6. The van der Waals surface area contributed by atoms with Gasteiger partial charge in [-0.25, -0.2) is 0 Å². The summed E-state index contributed by atoms with van der Waals surface area (Å²) < 4.78 is 0. The van der Waals surface area contributed by atoms with Crippen molar-refractivity contribution in [2.45, 2.75) is 26.8 Å². The number of hydrogen-bond donors (Lipinski definition) is 1. The van der Waals surface area contributed by atoms with Gasteiger partial charge in [-0.1, -0.05) is 42.0 Å². The van der Waals surface area contributed by atoms with Crippen LogP contribution in [0.2, 0.25) is 0 Å². The molecule has 2 aromatic rings. The Bertz CT molecular complexity index is 528. The van der Waals surface area contributed by atoms with Crippen LogP contribution in [0.25, 0.3) is 0 Å². The summed E-state index contributed by atoms with van der Waals surface area (Å²) in [5.41, 5.74) is 5.36. The molecule has 0 aliphatic heterocycles. The van der Waals surface area contributed by atoms with Crippen LogP contribution in [0.1, 0.15) is 23.6 Å². The maximum atomic E-state index is 3.19. The summed E-state index contributed by atoms with van der Waals surface area (Å²) in [4.78, 5) is 2.40. The molecule has 112 valence electrons. The molecule has 0 saturated heterocycles. The van der Waals surface area contributed by atoms with Gasteiger partial charge in [-0.15, -0.1) is 0 Å². The lowest BCUT2D eigenvalue weighted by Gasteiger charge is -2.23. The van der Waals surface area contributed by atoms with Gasteiger partial charge in [0.25, 0.3) is 0 Å². The zero-order valence-corrected chi connectivity index (χ0v) is 13.4. The normalized spacial score (nSPS) is 10.6. The molecule has 0 bridgehead atoms. The minimum absolute atomic E-state index is 0.964. The van der Waals surface area contributed by atoms with E-state index >= 15 is 0 Å². The van der Waals surface area contributed by atoms with Gasteiger partial charge in [0.05, 0.1) is 0 Å². The average molecular weight is 282 g/mol. The molecule has 1 N–H and O–H groups in total. The highest BCUT2D eigenvalue weighted by Gasteiger charge is 2.05. The molecule has 21 heavy (non-hydrogen) atoms. The topological polar surface area (TPSA) is 15.3 Å². The lowest BCUT2D eigenvalue weighted by atomic mass is 10.1. The van der Waals surface area contributed by atoms with E-state index in [1.807, 2.05) is 7.05 Å². The van der Waals surface area contributed by atoms with Crippen LogP contribution in [-0.2, 0) is 13.0 Å². The number of hydrogen-bond acceptors (Lipinski definition) is 2. The van der Waals surface area contributed by atoms with Gasteiger partial charge in [-0.3, -0.25) is 0 Å². The standard InChI is InChI=1S/C19H26N2/c1-4-21(19-11-5-16(2)6-12-19)15-18-9-7-17(8-10-18)13-14-20-3/h5-12,20H,4,13-15H2,1-3H3. The molecule has 2 rings (SSSR count). The third-order valence-electron chi connectivity index (χ3n) is 3.84. The fourth-order valence-corrected chi connectivity index (χ4v) is 2.44. The number of nitrogens with one attached hydrogen (secondary N) is 1. The van der Waals surface area contributed by atoms with Crippen molar-refractivity contribution in [3.63, 3.8) is 0 Å². The first-order valence-corrected chi connectivity index (χ1v) is 7.77. The van der Waals surface area contributed by atoms with Crippen LogP contribution in [-0.4, -0.2) is 20.1 Å². The minimum atomic E-state index is 0.964. The molecule has 0 radical (unpaired) electrons. The Balaban J connectivity index is 2.02. The summed E-state index contributed by atoms with van der Waals surface area (Å²) in [5, 5.41) is 3.19. The first-order chi connectivity index (χ1) is 10.2. The van der Waals surface area contributed by atoms with E-state index in [-0.39, 0.29) is 0 Å². The predicted octanol–water partition coefficient (Wildman–Crippen LogP) is 3.78. The van der Waals surface area contributed by atoms with E-state index in [0.717, 1.165) is 26.1 Å². The number of likely N-dealkylation sites (N-methyl/N-ethyl adjacent to an activating group) is 1. The molecular weight excluding hydrogens is 256 g/mol. The molecule has 0 fully saturated rings. The summed E-state index contributed by atoms with van der Waals surface area (Å²) >= 11 is 0. The van der Waals surface area contributed by atoms with Gasteiger partial charge in [0.1, 0.15) is 0 Å². The van der Waals surface area contributed by atoms with Crippen molar-refractivity contribution in [1.82, 2.24) is 5.32 Å². The summed E-state index contributed by atoms with van der Waals surface area (Å²) in [6, 6.07) is 17.8. The van der Waals surface area contributed by atoms with Gasteiger partial charge in [0.15, 0.2) is 0 Å². The Kier molecular flexibility index (Phi) is 5.82. The number of rotatable bonds is 7. The van der Waals surface area contributed by atoms with Crippen molar-refractivity contribution >= 4 is 5.69 Å². The van der Waals surface area contributed by atoms with E-state index < -0.39 is 0 Å². The van der Waals surface area contributed by atoms with Crippen molar-refractivity contribution < 1.29 is 0 Å². The van der Waals surface area contributed by atoms with Crippen LogP contribution in [0.4, 0.5) is 5.69 Å². The Labute approximate surface area is 128 Å². The number of aryl methyl sites for hydroxylation is 1. The quantitative estimate of drug-likeness (QED) is 0.831. The zero-order chi connectivity index (χ0) is 15.1. The third kappa shape index (κ3) is 4.61. The molecule has 0 aliphatic carbocycles. The highest BCUT2D eigenvalue weighted by molar-refractivity contribution is 5.48. The molecule has 2 heteroatoms. The van der Waals surface area contributed by atoms with Crippen molar-refractivity contribution in [1.29, 1.82) is 0 Å². The van der Waals surface area contributed by atoms with E-state index in [0.29, 0.717) is 0 Å². The predicted molar refractivity (Wildman–Crippen MR) is 92.0 cm³/mol. The van der Waals surface area contributed by atoms with E-state index in [4.69, 9.17) is 0 Å². The Morgan fingerprint density at radius 2 is 1.52 bits per heavy atom. The summed E-state index contributed by atoms with van der Waals surface area (Å²) in [5.74, 6) is 0. The molecule has 0 amide bonds. The van der Waals surface area contributed by atoms with E-state index in [1.165, 1.54) is 22.4 Å². The van der Waals surface area contributed by atoms with Crippen LogP contribution in [0.5, 0.6) is 0 Å². The largest absolute Gasteiger partial charge is 0.367 e. The van der Waals surface area contributed by atoms with Crippen LogP contribution >= 0.6 is 0 Å². The van der Waals surface area contributed by atoms with Crippen molar-refractivity contribution in [3.8, 4) is 0 Å². The highest BCUT2D eigenvalue weighted by Crippen LogP contribution is 2.18. The van der Waals surface area contributed by atoms with E-state index in [9.17, 15) is 0 Å². The minimum Gasteiger partial charge on any atom is -0.367 e. The van der Waals surface area contributed by atoms with Crippen LogP contribution < -0.4 is 10.2 Å². The Morgan fingerprint density at radius 1 is 0.905 bits per heavy atom. The van der Waals surface area contributed by atoms with Crippen molar-refractivity contribution in [3.05, 3.63) is 65.2 Å².